The van der Waals surface area contributed by atoms with Crippen LogP contribution in [0.3, 0.4) is 0 Å². The molecule has 0 aliphatic heterocycles. The monoisotopic (exact) mass is 273 g/mol. The van der Waals surface area contributed by atoms with Gasteiger partial charge in [-0.05, 0) is 20.3 Å². The van der Waals surface area contributed by atoms with E-state index in [-0.39, 0.29) is 12.4 Å². The maximum Gasteiger partial charge on any atom is 0.318 e. The van der Waals surface area contributed by atoms with E-state index in [1.807, 2.05) is 0 Å². The Hall–Kier alpha value is -2.15. The number of nitriles is 1. The zero-order valence-corrected chi connectivity index (χ0v) is 12.1. The van der Waals surface area contributed by atoms with Crippen LogP contribution in [0.1, 0.15) is 37.6 Å². The number of carbonyl (C=O) groups excluding carboxylic acids is 2. The molecule has 2 atom stereocenters. The molecule has 106 valence electrons. The average Bonchev–Trinajstić information content (AvgIpc) is 2.48. The number of esters is 1. The summed E-state index contributed by atoms with van der Waals surface area (Å²) in [4.78, 5) is 24.7. The van der Waals surface area contributed by atoms with Gasteiger partial charge in [-0.25, -0.2) is 0 Å². The van der Waals surface area contributed by atoms with E-state index < -0.39 is 17.3 Å². The van der Waals surface area contributed by atoms with Crippen molar-refractivity contribution in [3.05, 3.63) is 35.9 Å². The smallest absolute Gasteiger partial charge is 0.318 e. The fraction of sp³-hybridized carbons (Fsp3) is 0.438. The third-order valence-electron chi connectivity index (χ3n) is 3.47. The molecule has 0 spiro atoms. The molecule has 20 heavy (non-hydrogen) atoms. The van der Waals surface area contributed by atoms with Gasteiger partial charge >= 0.3 is 5.97 Å². The van der Waals surface area contributed by atoms with Crippen LogP contribution in [0.5, 0.6) is 0 Å². The molecule has 0 heterocycles. The molecule has 4 heteroatoms. The lowest BCUT2D eigenvalue weighted by Crippen LogP contribution is -2.39. The fourth-order valence-electron chi connectivity index (χ4n) is 2.00. The zero-order chi connectivity index (χ0) is 15.2. The fourth-order valence-corrected chi connectivity index (χ4v) is 2.00. The maximum atomic E-state index is 12.6. The average molecular weight is 273 g/mol. The first-order chi connectivity index (χ1) is 9.50. The Morgan fingerprint density at radius 3 is 2.35 bits per heavy atom. The van der Waals surface area contributed by atoms with E-state index in [4.69, 9.17) is 4.74 Å². The van der Waals surface area contributed by atoms with Crippen LogP contribution in [0.15, 0.2) is 30.3 Å². The van der Waals surface area contributed by atoms with E-state index in [1.54, 1.807) is 51.1 Å². The summed E-state index contributed by atoms with van der Waals surface area (Å²) in [5, 5.41) is 9.36. The van der Waals surface area contributed by atoms with Crippen LogP contribution >= 0.6 is 0 Å². The van der Waals surface area contributed by atoms with Crippen LogP contribution in [-0.2, 0) is 9.53 Å². The van der Waals surface area contributed by atoms with E-state index in [0.717, 1.165) is 0 Å². The molecule has 0 aromatic heterocycles. The lowest BCUT2D eigenvalue weighted by atomic mass is 9.72. The summed E-state index contributed by atoms with van der Waals surface area (Å²) in [5.74, 6) is -2.10. The molecule has 0 radical (unpaired) electrons. The highest BCUT2D eigenvalue weighted by Crippen LogP contribution is 2.34. The number of hydrogen-bond acceptors (Lipinski definition) is 4. The Kier molecular flexibility index (Phi) is 5.45. The van der Waals surface area contributed by atoms with Crippen LogP contribution in [0.4, 0.5) is 0 Å². The van der Waals surface area contributed by atoms with Gasteiger partial charge < -0.3 is 4.74 Å². The van der Waals surface area contributed by atoms with Gasteiger partial charge in [0, 0.05) is 5.56 Å². The lowest BCUT2D eigenvalue weighted by molar-refractivity contribution is -0.149. The summed E-state index contributed by atoms with van der Waals surface area (Å²) in [6.45, 7) is 5.27. The molecule has 4 nitrogen and oxygen atoms in total. The zero-order valence-electron chi connectivity index (χ0n) is 12.1. The normalized spacial score (nSPS) is 14.7. The molecule has 0 fully saturated rings. The van der Waals surface area contributed by atoms with Crippen molar-refractivity contribution in [3.63, 3.8) is 0 Å². The molecule has 0 bridgehead atoms. The number of carbonyl (C=O) groups is 2. The SMILES string of the molecule is CCOC(=O)C(C(=O)c1ccccc1)C(C)(C#N)CC. The number of nitrogens with zero attached hydrogens (tertiary/aromatic N) is 1. The van der Waals surface area contributed by atoms with Crippen molar-refractivity contribution in [3.8, 4) is 6.07 Å². The van der Waals surface area contributed by atoms with E-state index in [9.17, 15) is 14.9 Å². The summed E-state index contributed by atoms with van der Waals surface area (Å²) in [6, 6.07) is 10.6. The highest BCUT2D eigenvalue weighted by Gasteiger charge is 2.44. The Bertz CT molecular complexity index is 518. The molecule has 1 aromatic carbocycles. The van der Waals surface area contributed by atoms with E-state index in [0.29, 0.717) is 12.0 Å². The first kappa shape index (κ1) is 15.9. The maximum absolute atomic E-state index is 12.6. The van der Waals surface area contributed by atoms with Gasteiger partial charge in [-0.1, -0.05) is 37.3 Å². The van der Waals surface area contributed by atoms with E-state index in [1.165, 1.54) is 0 Å². The molecule has 0 N–H and O–H groups in total. The molecule has 0 amide bonds. The summed E-state index contributed by atoms with van der Waals surface area (Å²) in [7, 11) is 0. The molecular weight excluding hydrogens is 254 g/mol. The number of ketones is 1. The van der Waals surface area contributed by atoms with Gasteiger partial charge in [0.15, 0.2) is 5.78 Å². The lowest BCUT2D eigenvalue weighted by Gasteiger charge is -2.27. The van der Waals surface area contributed by atoms with Gasteiger partial charge in [-0.3, -0.25) is 9.59 Å². The van der Waals surface area contributed by atoms with Gasteiger partial charge in [-0.15, -0.1) is 0 Å². The number of Topliss-reactive ketones (excluding diaryl/α,β-unsaturated/α-hetero) is 1. The minimum atomic E-state index is -1.10. The molecule has 0 aliphatic rings. The van der Waals surface area contributed by atoms with Crippen molar-refractivity contribution in [2.45, 2.75) is 27.2 Å². The van der Waals surface area contributed by atoms with Crippen molar-refractivity contribution in [1.29, 1.82) is 5.26 Å². The first-order valence-electron chi connectivity index (χ1n) is 6.67. The van der Waals surface area contributed by atoms with E-state index in [2.05, 4.69) is 6.07 Å². The third-order valence-corrected chi connectivity index (χ3v) is 3.47. The van der Waals surface area contributed by atoms with Crippen LogP contribution in [0, 0.1) is 22.7 Å². The molecule has 0 saturated carbocycles. The van der Waals surface area contributed by atoms with Crippen molar-refractivity contribution < 1.29 is 14.3 Å². The Balaban J connectivity index is 3.22. The minimum absolute atomic E-state index is 0.183. The van der Waals surface area contributed by atoms with Gasteiger partial charge in [0.1, 0.15) is 5.92 Å². The molecule has 0 saturated heterocycles. The number of ether oxygens (including phenoxy) is 1. The Morgan fingerprint density at radius 2 is 1.90 bits per heavy atom. The highest BCUT2D eigenvalue weighted by atomic mass is 16.5. The van der Waals surface area contributed by atoms with E-state index >= 15 is 0 Å². The van der Waals surface area contributed by atoms with Crippen molar-refractivity contribution in [2.24, 2.45) is 11.3 Å². The standard InChI is InChI=1S/C16H19NO3/c1-4-16(3,11-17)13(15(19)20-5-2)14(18)12-9-7-6-8-10-12/h6-10,13H,4-5H2,1-3H3. The van der Waals surface area contributed by atoms with Crippen LogP contribution in [0.25, 0.3) is 0 Å². The Morgan fingerprint density at radius 1 is 1.30 bits per heavy atom. The second kappa shape index (κ2) is 6.85. The Labute approximate surface area is 119 Å². The molecule has 2 unspecified atom stereocenters. The van der Waals surface area contributed by atoms with Gasteiger partial charge in [0.05, 0.1) is 18.1 Å². The van der Waals surface area contributed by atoms with Crippen LogP contribution < -0.4 is 0 Å². The van der Waals surface area contributed by atoms with Gasteiger partial charge in [0.2, 0.25) is 0 Å². The highest BCUT2D eigenvalue weighted by molar-refractivity contribution is 6.09. The number of benzene rings is 1. The molecular formula is C16H19NO3. The van der Waals surface area contributed by atoms with Gasteiger partial charge in [-0.2, -0.15) is 5.26 Å². The van der Waals surface area contributed by atoms with Crippen molar-refractivity contribution >= 4 is 11.8 Å². The molecule has 0 aliphatic carbocycles. The number of hydrogen-bond donors (Lipinski definition) is 0. The van der Waals surface area contributed by atoms with Crippen LogP contribution in [-0.4, -0.2) is 18.4 Å². The van der Waals surface area contributed by atoms with Crippen molar-refractivity contribution in [2.75, 3.05) is 6.61 Å². The topological polar surface area (TPSA) is 67.2 Å². The minimum Gasteiger partial charge on any atom is -0.465 e. The summed E-state index contributed by atoms with van der Waals surface area (Å²) < 4.78 is 4.99. The van der Waals surface area contributed by atoms with Gasteiger partial charge in [0.25, 0.3) is 0 Å². The first-order valence-corrected chi connectivity index (χ1v) is 6.67. The predicted octanol–water partition coefficient (Wildman–Crippen LogP) is 2.99. The largest absolute Gasteiger partial charge is 0.465 e. The third kappa shape index (κ3) is 3.24. The number of rotatable bonds is 6. The van der Waals surface area contributed by atoms with Crippen molar-refractivity contribution in [1.82, 2.24) is 0 Å². The summed E-state index contributed by atoms with van der Waals surface area (Å²) in [6.07, 6.45) is 0.394. The summed E-state index contributed by atoms with van der Waals surface area (Å²) >= 11 is 0. The van der Waals surface area contributed by atoms with Crippen LogP contribution in [0.2, 0.25) is 0 Å². The quantitative estimate of drug-likeness (QED) is 0.454. The summed E-state index contributed by atoms with van der Waals surface area (Å²) in [5.41, 5.74) is -0.653. The second-order valence-electron chi connectivity index (χ2n) is 4.80. The molecule has 1 aromatic rings. The molecule has 1 rings (SSSR count). The second-order valence-corrected chi connectivity index (χ2v) is 4.80. The predicted molar refractivity (Wildman–Crippen MR) is 74.9 cm³/mol.